The van der Waals surface area contributed by atoms with Gasteiger partial charge in [-0.15, -0.1) is 0 Å². The van der Waals surface area contributed by atoms with Gasteiger partial charge in [0.15, 0.2) is 0 Å². The second-order valence-electron chi connectivity index (χ2n) is 8.69. The average Bonchev–Trinajstić information content (AvgIpc) is 3.05. The summed E-state index contributed by atoms with van der Waals surface area (Å²) in [7, 11) is -4.00. The van der Waals surface area contributed by atoms with Crippen LogP contribution in [-0.2, 0) is 26.0 Å². The number of hydrogen-bond donors (Lipinski definition) is 1. The first-order valence-corrected chi connectivity index (χ1v) is 13.4. The lowest BCUT2D eigenvalue weighted by molar-refractivity contribution is -0.141. The van der Waals surface area contributed by atoms with Crippen molar-refractivity contribution in [2.24, 2.45) is 0 Å². The van der Waals surface area contributed by atoms with Crippen molar-refractivity contribution >= 4 is 27.7 Å². The Kier molecular flexibility index (Phi) is 8.67. The third kappa shape index (κ3) is 5.90. The molecule has 0 saturated heterocycles. The van der Waals surface area contributed by atoms with Gasteiger partial charge < -0.3 is 10.2 Å². The number of rotatable bonds is 11. The quantitative estimate of drug-likeness (QED) is 0.512. The van der Waals surface area contributed by atoms with Gasteiger partial charge in [0.05, 0.1) is 5.56 Å². The molecule has 0 aromatic heterocycles. The highest BCUT2D eigenvalue weighted by Gasteiger charge is 2.41. The first-order chi connectivity index (χ1) is 16.7. The summed E-state index contributed by atoms with van der Waals surface area (Å²) in [6.45, 7) is 5.74. The maximum absolute atomic E-state index is 13.4. The minimum atomic E-state index is -4.00. The zero-order chi connectivity index (χ0) is 25.6. The highest BCUT2D eigenvalue weighted by atomic mass is 32.2. The Morgan fingerprint density at radius 3 is 2.29 bits per heavy atom. The molecule has 1 aliphatic heterocycles. The van der Waals surface area contributed by atoms with Crippen LogP contribution in [0, 0.1) is 0 Å². The third-order valence-electron chi connectivity index (χ3n) is 6.31. The van der Waals surface area contributed by atoms with Crippen LogP contribution in [0.4, 0.5) is 0 Å². The molecule has 2 aromatic carbocycles. The van der Waals surface area contributed by atoms with Gasteiger partial charge in [-0.3, -0.25) is 14.4 Å². The Balaban J connectivity index is 1.78. The summed E-state index contributed by atoms with van der Waals surface area (Å²) in [6.07, 6.45) is 1.51. The molecule has 9 heteroatoms. The van der Waals surface area contributed by atoms with E-state index in [0.29, 0.717) is 19.4 Å². The molecule has 0 spiro atoms. The predicted molar refractivity (Wildman–Crippen MR) is 133 cm³/mol. The molecule has 2 atom stereocenters. The Hall–Kier alpha value is -3.20. The number of nitrogens with one attached hydrogen (secondary N) is 1. The minimum absolute atomic E-state index is 0.0338. The van der Waals surface area contributed by atoms with Crippen molar-refractivity contribution in [1.29, 1.82) is 0 Å². The first kappa shape index (κ1) is 26.4. The smallest absolute Gasteiger partial charge is 0.269 e. The van der Waals surface area contributed by atoms with E-state index in [1.165, 1.54) is 17.0 Å². The molecular weight excluding hydrogens is 466 g/mol. The van der Waals surface area contributed by atoms with E-state index in [1.807, 2.05) is 51.1 Å². The van der Waals surface area contributed by atoms with Crippen molar-refractivity contribution in [2.75, 3.05) is 13.1 Å². The van der Waals surface area contributed by atoms with E-state index in [2.05, 4.69) is 5.32 Å². The molecule has 1 heterocycles. The molecular formula is C26H33N3O5S. The lowest BCUT2D eigenvalue weighted by Crippen LogP contribution is -2.52. The molecule has 0 unspecified atom stereocenters. The summed E-state index contributed by atoms with van der Waals surface area (Å²) < 4.78 is 26.5. The summed E-state index contributed by atoms with van der Waals surface area (Å²) in [6, 6.07) is 14.9. The Morgan fingerprint density at radius 2 is 1.66 bits per heavy atom. The molecule has 0 saturated carbocycles. The van der Waals surface area contributed by atoms with E-state index < -0.39 is 22.0 Å². The lowest BCUT2D eigenvalue weighted by Gasteiger charge is -2.32. The maximum Gasteiger partial charge on any atom is 0.269 e. The fourth-order valence-electron chi connectivity index (χ4n) is 4.13. The van der Waals surface area contributed by atoms with Gasteiger partial charge in [-0.1, -0.05) is 56.3 Å². The third-order valence-corrected chi connectivity index (χ3v) is 8.15. The van der Waals surface area contributed by atoms with Crippen LogP contribution in [0.2, 0.25) is 0 Å². The van der Waals surface area contributed by atoms with E-state index in [-0.39, 0.29) is 41.3 Å². The molecule has 8 nitrogen and oxygen atoms in total. The van der Waals surface area contributed by atoms with Crippen LogP contribution in [0.5, 0.6) is 0 Å². The predicted octanol–water partition coefficient (Wildman–Crippen LogP) is 2.99. The Morgan fingerprint density at radius 1 is 1.00 bits per heavy atom. The molecule has 0 fully saturated rings. The van der Waals surface area contributed by atoms with Gasteiger partial charge in [0.1, 0.15) is 10.9 Å². The van der Waals surface area contributed by atoms with Crippen LogP contribution in [0.1, 0.15) is 56.0 Å². The maximum atomic E-state index is 13.4. The molecule has 35 heavy (non-hydrogen) atoms. The van der Waals surface area contributed by atoms with Gasteiger partial charge in [0.25, 0.3) is 15.9 Å². The van der Waals surface area contributed by atoms with Crippen molar-refractivity contribution in [3.63, 3.8) is 0 Å². The monoisotopic (exact) mass is 499 g/mol. The van der Waals surface area contributed by atoms with Crippen molar-refractivity contribution < 1.29 is 22.8 Å². The number of carbonyl (C=O) groups excluding carboxylic acids is 3. The summed E-state index contributed by atoms with van der Waals surface area (Å²) in [5, 5.41) is 2.95. The number of nitrogens with zero attached hydrogens (tertiary/aromatic N) is 2. The van der Waals surface area contributed by atoms with Crippen LogP contribution in [0.25, 0.3) is 0 Å². The topological polar surface area (TPSA) is 104 Å². The fraction of sp³-hybridized carbons (Fsp3) is 0.423. The standard InChI is InChI=1S/C26H33N3O5S/c1-4-19(3)27-25(31)22(5-2)28(17-15-20-11-7-6-8-12-20)24(30)16-18-29-26(32)21-13-9-10-14-23(21)35(29,33)34/h6-14,19,22H,4-5,15-18H2,1-3H3,(H,27,31)/t19-,22+/m1/s1. The normalized spacial score (nSPS) is 15.9. The van der Waals surface area contributed by atoms with Crippen LogP contribution in [0.3, 0.4) is 0 Å². The number of sulfonamides is 1. The molecule has 2 aromatic rings. The van der Waals surface area contributed by atoms with E-state index >= 15 is 0 Å². The lowest BCUT2D eigenvalue weighted by atomic mass is 10.1. The van der Waals surface area contributed by atoms with E-state index in [0.717, 1.165) is 16.3 Å². The summed E-state index contributed by atoms with van der Waals surface area (Å²) in [4.78, 5) is 40.6. The van der Waals surface area contributed by atoms with E-state index in [4.69, 9.17) is 0 Å². The van der Waals surface area contributed by atoms with Crippen LogP contribution in [0.15, 0.2) is 59.5 Å². The van der Waals surface area contributed by atoms with Crippen molar-refractivity contribution in [2.45, 2.75) is 63.4 Å². The Labute approximate surface area is 207 Å². The molecule has 3 rings (SSSR count). The zero-order valence-electron chi connectivity index (χ0n) is 20.4. The zero-order valence-corrected chi connectivity index (χ0v) is 21.3. The van der Waals surface area contributed by atoms with Gasteiger partial charge in [-0.2, -0.15) is 0 Å². The van der Waals surface area contributed by atoms with Crippen LogP contribution >= 0.6 is 0 Å². The number of carbonyl (C=O) groups is 3. The van der Waals surface area contributed by atoms with Gasteiger partial charge in [-0.25, -0.2) is 12.7 Å². The number of benzene rings is 2. The number of hydrogen-bond acceptors (Lipinski definition) is 5. The molecule has 0 bridgehead atoms. The van der Waals surface area contributed by atoms with Gasteiger partial charge >= 0.3 is 0 Å². The first-order valence-electron chi connectivity index (χ1n) is 12.0. The molecule has 1 aliphatic rings. The largest absolute Gasteiger partial charge is 0.352 e. The molecule has 3 amide bonds. The summed E-state index contributed by atoms with van der Waals surface area (Å²) >= 11 is 0. The van der Waals surface area contributed by atoms with Gasteiger partial charge in [-0.05, 0) is 43.9 Å². The summed E-state index contributed by atoms with van der Waals surface area (Å²) in [5.41, 5.74) is 1.13. The summed E-state index contributed by atoms with van der Waals surface area (Å²) in [5.74, 6) is -1.24. The van der Waals surface area contributed by atoms with Crippen molar-refractivity contribution in [3.05, 3.63) is 65.7 Å². The van der Waals surface area contributed by atoms with Crippen LogP contribution < -0.4 is 5.32 Å². The SMILES string of the molecule is CC[C@@H](C)NC(=O)[C@H](CC)N(CCc1ccccc1)C(=O)CCN1C(=O)c2ccccc2S1(=O)=O. The molecule has 188 valence electrons. The second kappa shape index (κ2) is 11.5. The second-order valence-corrected chi connectivity index (χ2v) is 10.5. The highest BCUT2D eigenvalue weighted by molar-refractivity contribution is 7.90. The Bertz CT molecular complexity index is 1170. The minimum Gasteiger partial charge on any atom is -0.352 e. The van der Waals surface area contributed by atoms with Crippen LogP contribution in [-0.4, -0.2) is 60.5 Å². The number of amides is 3. The highest BCUT2D eigenvalue weighted by Crippen LogP contribution is 2.30. The fourth-order valence-corrected chi connectivity index (χ4v) is 5.70. The van der Waals surface area contributed by atoms with Crippen molar-refractivity contribution in [1.82, 2.24) is 14.5 Å². The molecule has 1 N–H and O–H groups in total. The van der Waals surface area contributed by atoms with Gasteiger partial charge in [0, 0.05) is 25.6 Å². The number of fused-ring (bicyclic) bond motifs is 1. The molecule has 0 radical (unpaired) electrons. The van der Waals surface area contributed by atoms with Gasteiger partial charge in [0.2, 0.25) is 11.8 Å². The van der Waals surface area contributed by atoms with E-state index in [1.54, 1.807) is 12.1 Å². The molecule has 0 aliphatic carbocycles. The average molecular weight is 500 g/mol. The van der Waals surface area contributed by atoms with Crippen molar-refractivity contribution in [3.8, 4) is 0 Å². The van der Waals surface area contributed by atoms with E-state index in [9.17, 15) is 22.8 Å².